The van der Waals surface area contributed by atoms with Crippen molar-refractivity contribution in [1.82, 2.24) is 15.2 Å². The number of hydrazine groups is 1. The van der Waals surface area contributed by atoms with E-state index in [4.69, 9.17) is 5.84 Å². The van der Waals surface area contributed by atoms with Gasteiger partial charge in [-0.05, 0) is 37.9 Å². The minimum absolute atomic E-state index is 0.0404. The van der Waals surface area contributed by atoms with Crippen LogP contribution in [0.5, 0.6) is 0 Å². The van der Waals surface area contributed by atoms with E-state index in [1.54, 1.807) is 18.3 Å². The number of rotatable bonds is 3. The van der Waals surface area contributed by atoms with E-state index >= 15 is 0 Å². The van der Waals surface area contributed by atoms with E-state index in [2.05, 4.69) is 20.6 Å². The van der Waals surface area contributed by atoms with Crippen LogP contribution in [0.2, 0.25) is 0 Å². The summed E-state index contributed by atoms with van der Waals surface area (Å²) < 4.78 is 0. The monoisotopic (exact) mass is 275 g/mol. The highest BCUT2D eigenvalue weighted by Crippen LogP contribution is 2.27. The molecule has 6 heteroatoms. The van der Waals surface area contributed by atoms with Crippen LogP contribution in [-0.4, -0.2) is 41.0 Å². The smallest absolute Gasteiger partial charge is 0.251 e. The first kappa shape index (κ1) is 13.3. The first-order valence-corrected chi connectivity index (χ1v) is 7.25. The Balaban J connectivity index is 1.66. The second-order valence-electron chi connectivity index (χ2n) is 5.54. The van der Waals surface area contributed by atoms with Gasteiger partial charge in [-0.2, -0.15) is 0 Å². The summed E-state index contributed by atoms with van der Waals surface area (Å²) in [6.07, 6.45) is 6.38. The Morgan fingerprint density at radius 2 is 2.25 bits per heavy atom. The third-order valence-electron chi connectivity index (χ3n) is 4.34. The quantitative estimate of drug-likeness (QED) is 0.559. The van der Waals surface area contributed by atoms with Gasteiger partial charge in [-0.3, -0.25) is 9.69 Å². The molecule has 1 aromatic rings. The van der Waals surface area contributed by atoms with Crippen molar-refractivity contribution in [1.29, 1.82) is 0 Å². The molecule has 2 fully saturated rings. The number of carbonyl (C=O) groups is 1. The Kier molecular flexibility index (Phi) is 3.84. The van der Waals surface area contributed by atoms with Crippen molar-refractivity contribution in [2.75, 3.05) is 18.5 Å². The van der Waals surface area contributed by atoms with Gasteiger partial charge in [-0.1, -0.05) is 6.42 Å². The predicted molar refractivity (Wildman–Crippen MR) is 77.1 cm³/mol. The van der Waals surface area contributed by atoms with Gasteiger partial charge in [0, 0.05) is 30.4 Å². The number of hydrogen-bond donors (Lipinski definition) is 3. The van der Waals surface area contributed by atoms with Crippen LogP contribution in [0.15, 0.2) is 18.3 Å². The van der Waals surface area contributed by atoms with Crippen molar-refractivity contribution in [3.05, 3.63) is 23.9 Å². The molecule has 0 bridgehead atoms. The number of nitrogens with one attached hydrogen (secondary N) is 2. The molecule has 4 N–H and O–H groups in total. The van der Waals surface area contributed by atoms with Crippen molar-refractivity contribution in [3.8, 4) is 0 Å². The molecule has 1 amide bonds. The van der Waals surface area contributed by atoms with Crippen LogP contribution in [-0.2, 0) is 0 Å². The highest BCUT2D eigenvalue weighted by molar-refractivity contribution is 5.95. The number of nitrogens with zero attached hydrogens (tertiary/aromatic N) is 2. The van der Waals surface area contributed by atoms with E-state index in [0.717, 1.165) is 13.0 Å². The highest BCUT2D eigenvalue weighted by atomic mass is 16.1. The molecule has 108 valence electrons. The van der Waals surface area contributed by atoms with E-state index in [1.807, 2.05) is 0 Å². The molecule has 0 spiro atoms. The fourth-order valence-corrected chi connectivity index (χ4v) is 3.32. The molecule has 1 aromatic heterocycles. The number of amides is 1. The van der Waals surface area contributed by atoms with Gasteiger partial charge in [0.15, 0.2) is 0 Å². The predicted octanol–water partition coefficient (Wildman–Crippen LogP) is 0.724. The number of nitrogen functional groups attached to an aromatic ring is 1. The highest BCUT2D eigenvalue weighted by Gasteiger charge is 2.36. The second-order valence-corrected chi connectivity index (χ2v) is 5.54. The molecule has 2 saturated heterocycles. The number of nitrogens with two attached hydrogens (primary N) is 1. The number of fused-ring (bicyclic) bond motifs is 1. The summed E-state index contributed by atoms with van der Waals surface area (Å²) in [5, 5.41) is 3.17. The van der Waals surface area contributed by atoms with Gasteiger partial charge in [0.25, 0.3) is 5.91 Å². The van der Waals surface area contributed by atoms with Crippen LogP contribution in [0.25, 0.3) is 0 Å². The van der Waals surface area contributed by atoms with Crippen LogP contribution >= 0.6 is 0 Å². The fourth-order valence-electron chi connectivity index (χ4n) is 3.32. The second kappa shape index (κ2) is 5.76. The topological polar surface area (TPSA) is 83.3 Å². The summed E-state index contributed by atoms with van der Waals surface area (Å²) in [4.78, 5) is 18.8. The van der Waals surface area contributed by atoms with Crippen molar-refractivity contribution < 1.29 is 4.79 Å². The van der Waals surface area contributed by atoms with Crippen LogP contribution in [0.1, 0.15) is 36.0 Å². The number of aromatic nitrogens is 1. The summed E-state index contributed by atoms with van der Waals surface area (Å²) in [6, 6.07) is 4.17. The summed E-state index contributed by atoms with van der Waals surface area (Å²) in [6.45, 7) is 2.27. The summed E-state index contributed by atoms with van der Waals surface area (Å²) in [5.41, 5.74) is 3.06. The lowest BCUT2D eigenvalue weighted by Gasteiger charge is -2.32. The van der Waals surface area contributed by atoms with Gasteiger partial charge in [-0.15, -0.1) is 0 Å². The zero-order valence-electron chi connectivity index (χ0n) is 11.5. The zero-order chi connectivity index (χ0) is 13.9. The average Bonchev–Trinajstić information content (AvgIpc) is 2.90. The van der Waals surface area contributed by atoms with E-state index < -0.39 is 0 Å². The van der Waals surface area contributed by atoms with Gasteiger partial charge in [0.1, 0.15) is 5.82 Å². The lowest BCUT2D eigenvalue weighted by atomic mass is 9.99. The first-order chi connectivity index (χ1) is 9.78. The van der Waals surface area contributed by atoms with Gasteiger partial charge < -0.3 is 10.7 Å². The molecule has 3 rings (SSSR count). The molecule has 6 nitrogen and oxygen atoms in total. The standard InChI is InChI=1S/C14H21N5O/c15-18-13-9-10(4-6-16-13)14(20)17-11-5-8-19-7-2-1-3-12(11)19/h4,6,9,11-12H,1-3,5,7-8,15H2,(H,16,18)(H,17,20). The Morgan fingerprint density at radius 1 is 1.35 bits per heavy atom. The molecule has 0 aliphatic carbocycles. The Hall–Kier alpha value is -1.66. The maximum absolute atomic E-state index is 12.3. The number of hydrogen-bond acceptors (Lipinski definition) is 5. The van der Waals surface area contributed by atoms with Crippen molar-refractivity contribution in [2.24, 2.45) is 5.84 Å². The van der Waals surface area contributed by atoms with Gasteiger partial charge in [0.2, 0.25) is 0 Å². The van der Waals surface area contributed by atoms with Gasteiger partial charge in [-0.25, -0.2) is 10.8 Å². The first-order valence-electron chi connectivity index (χ1n) is 7.25. The Labute approximate surface area is 118 Å². The van der Waals surface area contributed by atoms with Crippen molar-refractivity contribution in [3.63, 3.8) is 0 Å². The van der Waals surface area contributed by atoms with Gasteiger partial charge in [0.05, 0.1) is 0 Å². The van der Waals surface area contributed by atoms with Crippen LogP contribution in [0.3, 0.4) is 0 Å². The molecular formula is C14H21N5O. The third-order valence-corrected chi connectivity index (χ3v) is 4.34. The lowest BCUT2D eigenvalue weighted by molar-refractivity contribution is 0.0915. The molecule has 20 heavy (non-hydrogen) atoms. The largest absolute Gasteiger partial charge is 0.348 e. The normalized spacial score (nSPS) is 26.1. The molecular weight excluding hydrogens is 254 g/mol. The number of piperidine rings is 1. The number of carbonyl (C=O) groups excluding carboxylic acids is 1. The van der Waals surface area contributed by atoms with Gasteiger partial charge >= 0.3 is 0 Å². The van der Waals surface area contributed by atoms with Crippen LogP contribution < -0.4 is 16.6 Å². The average molecular weight is 275 g/mol. The fraction of sp³-hybridized carbons (Fsp3) is 0.571. The molecule has 2 aliphatic rings. The third kappa shape index (κ3) is 2.62. The minimum atomic E-state index is -0.0404. The molecule has 0 saturated carbocycles. The van der Waals surface area contributed by atoms with Crippen molar-refractivity contribution >= 4 is 11.7 Å². The molecule has 0 aromatic carbocycles. The van der Waals surface area contributed by atoms with E-state index in [9.17, 15) is 4.79 Å². The maximum Gasteiger partial charge on any atom is 0.251 e. The number of pyridine rings is 1. The molecule has 2 aliphatic heterocycles. The number of anilines is 1. The molecule has 0 radical (unpaired) electrons. The van der Waals surface area contributed by atoms with Crippen molar-refractivity contribution in [2.45, 2.75) is 37.8 Å². The lowest BCUT2D eigenvalue weighted by Crippen LogP contribution is -2.46. The Bertz CT molecular complexity index is 492. The maximum atomic E-state index is 12.3. The van der Waals surface area contributed by atoms with E-state index in [0.29, 0.717) is 17.4 Å². The molecule has 2 atom stereocenters. The van der Waals surface area contributed by atoms with E-state index in [-0.39, 0.29) is 11.9 Å². The molecule has 3 heterocycles. The summed E-state index contributed by atoms with van der Waals surface area (Å²) in [5.74, 6) is 5.78. The minimum Gasteiger partial charge on any atom is -0.348 e. The Morgan fingerprint density at radius 3 is 3.10 bits per heavy atom. The zero-order valence-corrected chi connectivity index (χ0v) is 11.5. The summed E-state index contributed by atoms with van der Waals surface area (Å²) >= 11 is 0. The molecule has 2 unspecified atom stereocenters. The van der Waals surface area contributed by atoms with E-state index in [1.165, 1.54) is 25.8 Å². The van der Waals surface area contributed by atoms with Crippen LogP contribution in [0, 0.1) is 0 Å². The van der Waals surface area contributed by atoms with Crippen LogP contribution in [0.4, 0.5) is 5.82 Å². The summed E-state index contributed by atoms with van der Waals surface area (Å²) in [7, 11) is 0. The SMILES string of the molecule is NNc1cc(C(=O)NC2CCN3CCCCC23)ccn1.